The molecule has 1 aromatic heterocycles. The minimum absolute atomic E-state index is 0.220. The summed E-state index contributed by atoms with van der Waals surface area (Å²) in [4.78, 5) is 11.8. The van der Waals surface area contributed by atoms with Crippen molar-refractivity contribution in [2.75, 3.05) is 7.11 Å². The first-order valence-electron chi connectivity index (χ1n) is 7.75. The summed E-state index contributed by atoms with van der Waals surface area (Å²) >= 11 is 0. The second-order valence-electron chi connectivity index (χ2n) is 5.52. The molecule has 0 aliphatic carbocycles. The largest absolute Gasteiger partial charge is 0.497 e. The van der Waals surface area contributed by atoms with Gasteiger partial charge in [-0.25, -0.2) is 4.68 Å². The average Bonchev–Trinajstić information content (AvgIpc) is 2.87. The predicted octanol–water partition coefficient (Wildman–Crippen LogP) is 2.89. The molecule has 1 atom stereocenters. The van der Waals surface area contributed by atoms with E-state index in [0.717, 1.165) is 28.4 Å². The Bertz CT molecular complexity index is 774. The summed E-state index contributed by atoms with van der Waals surface area (Å²) in [6.45, 7) is 5.44. The zero-order valence-electron chi connectivity index (χ0n) is 14.4. The van der Waals surface area contributed by atoms with Gasteiger partial charge in [-0.2, -0.15) is 10.4 Å². The van der Waals surface area contributed by atoms with Gasteiger partial charge in [0.2, 0.25) is 0 Å². The number of rotatable bonds is 6. The van der Waals surface area contributed by atoms with Crippen LogP contribution in [0.1, 0.15) is 30.3 Å². The molecule has 2 rings (SSSR count). The van der Waals surface area contributed by atoms with Crippen molar-refractivity contribution in [2.24, 2.45) is 0 Å². The van der Waals surface area contributed by atoms with Crippen LogP contribution in [0.3, 0.4) is 0 Å². The van der Waals surface area contributed by atoms with Crippen LogP contribution in [0.25, 0.3) is 5.69 Å². The lowest BCUT2D eigenvalue weighted by molar-refractivity contribution is -0.145. The van der Waals surface area contributed by atoms with Crippen LogP contribution < -0.4 is 4.74 Å². The number of aryl methyl sites for hydroxylation is 1. The van der Waals surface area contributed by atoms with Crippen molar-refractivity contribution in [3.05, 3.63) is 41.2 Å². The van der Waals surface area contributed by atoms with E-state index in [-0.39, 0.29) is 12.4 Å². The van der Waals surface area contributed by atoms with Crippen LogP contribution in [0.2, 0.25) is 0 Å². The summed E-state index contributed by atoms with van der Waals surface area (Å²) in [5, 5.41) is 13.2. The fraction of sp³-hybridized carbons (Fsp3) is 0.389. The monoisotopic (exact) mass is 327 g/mol. The van der Waals surface area contributed by atoms with Crippen molar-refractivity contribution in [1.82, 2.24) is 9.78 Å². The van der Waals surface area contributed by atoms with Gasteiger partial charge in [-0.15, -0.1) is 0 Å². The Morgan fingerprint density at radius 2 is 2.17 bits per heavy atom. The van der Waals surface area contributed by atoms with Gasteiger partial charge >= 0.3 is 5.97 Å². The number of carbonyl (C=O) groups is 1. The Hall–Kier alpha value is -2.81. The fourth-order valence-electron chi connectivity index (χ4n) is 2.54. The van der Waals surface area contributed by atoms with Gasteiger partial charge in [-0.3, -0.25) is 4.79 Å². The maximum absolute atomic E-state index is 11.8. The number of methoxy groups -OCH3 is 1. The van der Waals surface area contributed by atoms with E-state index in [0.29, 0.717) is 6.42 Å². The second kappa shape index (κ2) is 7.64. The van der Waals surface area contributed by atoms with Crippen molar-refractivity contribution in [3.63, 3.8) is 0 Å². The molecule has 0 bridgehead atoms. The van der Waals surface area contributed by atoms with Gasteiger partial charge in [-0.05, 0) is 44.9 Å². The first-order chi connectivity index (χ1) is 11.5. The van der Waals surface area contributed by atoms with Crippen molar-refractivity contribution < 1.29 is 14.3 Å². The summed E-state index contributed by atoms with van der Waals surface area (Å²) < 4.78 is 12.1. The molecule has 0 saturated heterocycles. The van der Waals surface area contributed by atoms with Crippen LogP contribution in [0, 0.1) is 25.2 Å². The molecule has 0 spiro atoms. The van der Waals surface area contributed by atoms with Gasteiger partial charge in [0.1, 0.15) is 11.8 Å². The lowest BCUT2D eigenvalue weighted by atomic mass is 10.1. The lowest BCUT2D eigenvalue weighted by Gasteiger charge is -2.08. The number of nitriles is 1. The zero-order chi connectivity index (χ0) is 17.7. The summed E-state index contributed by atoms with van der Waals surface area (Å²) in [5.74, 6) is 0.382. The predicted molar refractivity (Wildman–Crippen MR) is 89.1 cm³/mol. The van der Waals surface area contributed by atoms with Gasteiger partial charge in [0.05, 0.1) is 18.5 Å². The first kappa shape index (κ1) is 17.5. The highest BCUT2D eigenvalue weighted by Crippen LogP contribution is 2.22. The van der Waals surface area contributed by atoms with E-state index < -0.39 is 6.10 Å². The third-order valence-electron chi connectivity index (χ3n) is 3.81. The van der Waals surface area contributed by atoms with E-state index in [1.54, 1.807) is 14.0 Å². The van der Waals surface area contributed by atoms with Gasteiger partial charge in [0.25, 0.3) is 0 Å². The average molecular weight is 327 g/mol. The second-order valence-corrected chi connectivity index (χ2v) is 5.52. The topological polar surface area (TPSA) is 77.1 Å². The Kier molecular flexibility index (Phi) is 5.59. The summed E-state index contributed by atoms with van der Waals surface area (Å²) in [6, 6.07) is 9.53. The molecule has 6 nitrogen and oxygen atoms in total. The number of carbonyl (C=O) groups excluding carboxylic acids is 1. The minimum atomic E-state index is -0.723. The smallest absolute Gasteiger partial charge is 0.307 e. The molecule has 0 unspecified atom stereocenters. The highest BCUT2D eigenvalue weighted by atomic mass is 16.5. The Morgan fingerprint density at radius 3 is 2.83 bits per heavy atom. The lowest BCUT2D eigenvalue weighted by Crippen LogP contribution is -2.13. The molecule has 6 heteroatoms. The molecule has 0 radical (unpaired) electrons. The fourth-order valence-corrected chi connectivity index (χ4v) is 2.54. The normalized spacial score (nSPS) is 11.6. The van der Waals surface area contributed by atoms with Crippen molar-refractivity contribution in [3.8, 4) is 17.5 Å². The van der Waals surface area contributed by atoms with Crippen LogP contribution in [-0.4, -0.2) is 29.0 Å². The van der Waals surface area contributed by atoms with Crippen LogP contribution in [-0.2, 0) is 16.0 Å². The molecule has 2 aromatic rings. The van der Waals surface area contributed by atoms with Gasteiger partial charge in [0.15, 0.2) is 6.10 Å². The van der Waals surface area contributed by atoms with Crippen LogP contribution >= 0.6 is 0 Å². The van der Waals surface area contributed by atoms with Gasteiger partial charge in [0, 0.05) is 18.2 Å². The molecule has 0 aliphatic heterocycles. The Balaban J connectivity index is 2.17. The number of ether oxygens (including phenoxy) is 2. The molecular formula is C18H21N3O3. The van der Waals surface area contributed by atoms with E-state index in [1.165, 1.54) is 0 Å². The summed E-state index contributed by atoms with van der Waals surface area (Å²) in [6.07, 6.45) is 0.0232. The maximum Gasteiger partial charge on any atom is 0.307 e. The quantitative estimate of drug-likeness (QED) is 0.762. The molecule has 0 saturated carbocycles. The number of hydrogen-bond donors (Lipinski definition) is 0. The summed E-state index contributed by atoms with van der Waals surface area (Å²) in [5.41, 5.74) is 3.76. The number of esters is 1. The van der Waals surface area contributed by atoms with Crippen molar-refractivity contribution >= 4 is 5.97 Å². The maximum atomic E-state index is 11.8. The van der Waals surface area contributed by atoms with E-state index in [1.807, 2.05) is 48.9 Å². The number of hydrogen-bond acceptors (Lipinski definition) is 5. The highest BCUT2D eigenvalue weighted by molar-refractivity contribution is 5.70. The highest BCUT2D eigenvalue weighted by Gasteiger charge is 2.16. The molecule has 0 N–H and O–H groups in total. The van der Waals surface area contributed by atoms with Crippen LogP contribution in [0.4, 0.5) is 0 Å². The third-order valence-corrected chi connectivity index (χ3v) is 3.81. The first-order valence-corrected chi connectivity index (χ1v) is 7.75. The molecule has 0 aliphatic rings. The van der Waals surface area contributed by atoms with Crippen molar-refractivity contribution in [1.29, 1.82) is 5.26 Å². The zero-order valence-corrected chi connectivity index (χ0v) is 14.4. The number of aromatic nitrogens is 2. The molecular weight excluding hydrogens is 306 g/mol. The molecule has 1 heterocycles. The molecule has 126 valence electrons. The standard InChI is InChI=1S/C18H21N3O3/c1-12(11-19)24-18(22)9-8-17-13(2)20-21(14(17)3)15-6-5-7-16(10-15)23-4/h5-7,10,12H,8-9H2,1-4H3/t12-/m1/s1. The molecule has 24 heavy (non-hydrogen) atoms. The van der Waals surface area contributed by atoms with E-state index in [4.69, 9.17) is 14.7 Å². The SMILES string of the molecule is COc1cccc(-n2nc(C)c(CCC(=O)O[C@H](C)C#N)c2C)c1. The Labute approximate surface area is 141 Å². The van der Waals surface area contributed by atoms with E-state index in [2.05, 4.69) is 5.10 Å². The molecule has 0 fully saturated rings. The number of benzene rings is 1. The minimum Gasteiger partial charge on any atom is -0.497 e. The van der Waals surface area contributed by atoms with Gasteiger partial charge < -0.3 is 9.47 Å². The van der Waals surface area contributed by atoms with E-state index in [9.17, 15) is 4.79 Å². The van der Waals surface area contributed by atoms with Gasteiger partial charge in [-0.1, -0.05) is 6.07 Å². The summed E-state index contributed by atoms with van der Waals surface area (Å²) in [7, 11) is 1.62. The van der Waals surface area contributed by atoms with Crippen LogP contribution in [0.15, 0.2) is 24.3 Å². The molecule has 1 aromatic carbocycles. The van der Waals surface area contributed by atoms with E-state index >= 15 is 0 Å². The Morgan fingerprint density at radius 1 is 1.42 bits per heavy atom. The number of nitrogens with zero attached hydrogens (tertiary/aromatic N) is 3. The van der Waals surface area contributed by atoms with Crippen LogP contribution in [0.5, 0.6) is 5.75 Å². The third kappa shape index (κ3) is 3.93. The molecule has 0 amide bonds. The van der Waals surface area contributed by atoms with Crippen molar-refractivity contribution in [2.45, 2.75) is 39.7 Å².